The zero-order chi connectivity index (χ0) is 17.6. The molecule has 1 aromatic carbocycles. The molecule has 6 nitrogen and oxygen atoms in total. The van der Waals surface area contributed by atoms with Gasteiger partial charge in [-0.25, -0.2) is 9.07 Å². The van der Waals surface area contributed by atoms with Crippen LogP contribution >= 0.6 is 23.4 Å². The second-order valence-electron chi connectivity index (χ2n) is 5.64. The highest BCUT2D eigenvalue weighted by molar-refractivity contribution is 8.00. The summed E-state index contributed by atoms with van der Waals surface area (Å²) in [7, 11) is 1.84. The van der Waals surface area contributed by atoms with Gasteiger partial charge < -0.3 is 5.32 Å². The van der Waals surface area contributed by atoms with Crippen molar-refractivity contribution >= 4 is 35.1 Å². The highest BCUT2D eigenvalue weighted by atomic mass is 35.5. The lowest BCUT2D eigenvalue weighted by Crippen LogP contribution is -2.16. The Morgan fingerprint density at radius 1 is 1.36 bits per heavy atom. The van der Waals surface area contributed by atoms with E-state index < -0.39 is 5.82 Å². The molecule has 2 aromatic heterocycles. The maximum Gasteiger partial charge on any atom is 0.235 e. The van der Waals surface area contributed by atoms with Gasteiger partial charge in [0, 0.05) is 30.4 Å². The van der Waals surface area contributed by atoms with Crippen LogP contribution in [-0.2, 0) is 11.8 Å². The molecule has 4 rings (SSSR count). The Labute approximate surface area is 152 Å². The van der Waals surface area contributed by atoms with E-state index in [4.69, 9.17) is 11.6 Å². The highest BCUT2D eigenvalue weighted by Gasteiger charge is 2.29. The van der Waals surface area contributed by atoms with E-state index in [1.54, 1.807) is 17.1 Å². The third kappa shape index (κ3) is 2.91. The lowest BCUT2D eigenvalue weighted by Gasteiger charge is -2.12. The molecular weight excluding hydrogens is 365 g/mol. The number of hydrogen-bond acceptors (Lipinski definition) is 4. The van der Waals surface area contributed by atoms with E-state index in [9.17, 15) is 9.18 Å². The van der Waals surface area contributed by atoms with Gasteiger partial charge in [0.05, 0.1) is 34.1 Å². The van der Waals surface area contributed by atoms with Crippen molar-refractivity contribution in [3.63, 3.8) is 0 Å². The van der Waals surface area contributed by atoms with Crippen LogP contribution in [0.3, 0.4) is 0 Å². The van der Waals surface area contributed by atoms with E-state index >= 15 is 0 Å². The van der Waals surface area contributed by atoms with Crippen molar-refractivity contribution in [1.82, 2.24) is 19.6 Å². The number of nitrogens with zero attached hydrogens (tertiary/aromatic N) is 4. The molecule has 0 bridgehead atoms. The normalized spacial score (nSPS) is 17.1. The molecule has 0 fully saturated rings. The maximum atomic E-state index is 13.7. The van der Waals surface area contributed by atoms with Crippen LogP contribution in [0.15, 0.2) is 36.8 Å². The Bertz CT molecular complexity index is 969. The van der Waals surface area contributed by atoms with Crippen molar-refractivity contribution in [2.24, 2.45) is 7.05 Å². The van der Waals surface area contributed by atoms with Crippen LogP contribution in [-0.4, -0.2) is 31.2 Å². The van der Waals surface area contributed by atoms with Crippen molar-refractivity contribution in [3.05, 3.63) is 58.8 Å². The first-order chi connectivity index (χ1) is 12.0. The summed E-state index contributed by atoms with van der Waals surface area (Å²) in [4.78, 5) is 12.2. The monoisotopic (exact) mass is 377 g/mol. The molecule has 3 aromatic rings. The summed E-state index contributed by atoms with van der Waals surface area (Å²) in [6, 6.07) is 4.03. The van der Waals surface area contributed by atoms with Gasteiger partial charge in [0.15, 0.2) is 0 Å². The van der Waals surface area contributed by atoms with Gasteiger partial charge in [-0.2, -0.15) is 10.2 Å². The summed E-state index contributed by atoms with van der Waals surface area (Å²) in [6.07, 6.45) is 5.35. The van der Waals surface area contributed by atoms with E-state index in [1.165, 1.54) is 34.6 Å². The summed E-state index contributed by atoms with van der Waals surface area (Å²) in [6.45, 7) is 0. The quantitative estimate of drug-likeness (QED) is 0.745. The van der Waals surface area contributed by atoms with Crippen LogP contribution in [0.1, 0.15) is 16.4 Å². The fraction of sp³-hybridized carbons (Fsp3) is 0.188. The molecule has 9 heteroatoms. The number of benzene rings is 1. The Balaban J connectivity index is 1.87. The highest BCUT2D eigenvalue weighted by Crippen LogP contribution is 2.42. The molecule has 0 saturated heterocycles. The molecule has 3 heterocycles. The molecule has 1 aliphatic heterocycles. The summed E-state index contributed by atoms with van der Waals surface area (Å²) in [5.41, 5.74) is 2.17. The molecule has 1 aliphatic rings. The number of hydrogen-bond donors (Lipinski definition) is 1. The predicted octanol–water partition coefficient (Wildman–Crippen LogP) is 3.17. The van der Waals surface area contributed by atoms with Crippen LogP contribution in [0.4, 0.5) is 10.2 Å². The van der Waals surface area contributed by atoms with Crippen molar-refractivity contribution in [2.45, 2.75) is 5.25 Å². The molecule has 25 heavy (non-hydrogen) atoms. The minimum atomic E-state index is -0.429. The Hall–Kier alpha value is -2.32. The van der Waals surface area contributed by atoms with Crippen LogP contribution in [0, 0.1) is 5.82 Å². The first-order valence-corrected chi connectivity index (χ1v) is 8.89. The third-order valence-electron chi connectivity index (χ3n) is 3.88. The number of thioether (sulfide) groups is 1. The number of aryl methyl sites for hydroxylation is 1. The van der Waals surface area contributed by atoms with Gasteiger partial charge in [-0.1, -0.05) is 11.6 Å². The summed E-state index contributed by atoms with van der Waals surface area (Å²) < 4.78 is 16.8. The van der Waals surface area contributed by atoms with Crippen molar-refractivity contribution in [3.8, 4) is 5.69 Å². The van der Waals surface area contributed by atoms with Gasteiger partial charge in [0.2, 0.25) is 5.91 Å². The fourth-order valence-corrected chi connectivity index (χ4v) is 4.03. The zero-order valence-electron chi connectivity index (χ0n) is 13.1. The van der Waals surface area contributed by atoms with Gasteiger partial charge in [-0.3, -0.25) is 9.48 Å². The Morgan fingerprint density at radius 2 is 2.20 bits per heavy atom. The fourth-order valence-electron chi connectivity index (χ4n) is 2.78. The maximum absolute atomic E-state index is 13.7. The van der Waals surface area contributed by atoms with Crippen LogP contribution in [0.5, 0.6) is 0 Å². The number of rotatable bonds is 2. The minimum absolute atomic E-state index is 0.108. The second kappa shape index (κ2) is 6.20. The molecular formula is C16H13ClFN5OS. The van der Waals surface area contributed by atoms with E-state index in [0.29, 0.717) is 22.3 Å². The van der Waals surface area contributed by atoms with Gasteiger partial charge >= 0.3 is 0 Å². The Morgan fingerprint density at radius 3 is 2.96 bits per heavy atom. The SMILES string of the molecule is Cn1cc([C@H]2SCC(=O)Nc3c2cnn3-c2cc(F)ccc2Cl)cn1. The first kappa shape index (κ1) is 16.2. The molecule has 0 spiro atoms. The second-order valence-corrected chi connectivity index (χ2v) is 7.14. The van der Waals surface area contributed by atoms with Crippen molar-refractivity contribution in [1.29, 1.82) is 0 Å². The zero-order valence-corrected chi connectivity index (χ0v) is 14.7. The van der Waals surface area contributed by atoms with E-state index in [2.05, 4.69) is 15.5 Å². The minimum Gasteiger partial charge on any atom is -0.310 e. The molecule has 0 aliphatic carbocycles. The Kier molecular flexibility index (Phi) is 4.01. The van der Waals surface area contributed by atoms with Crippen LogP contribution in [0.25, 0.3) is 5.69 Å². The van der Waals surface area contributed by atoms with Crippen LogP contribution < -0.4 is 5.32 Å². The number of aromatic nitrogens is 4. The molecule has 1 N–H and O–H groups in total. The first-order valence-electron chi connectivity index (χ1n) is 7.46. The molecule has 128 valence electrons. The van der Waals surface area contributed by atoms with E-state index in [-0.39, 0.29) is 11.2 Å². The lowest BCUT2D eigenvalue weighted by molar-refractivity contribution is -0.113. The third-order valence-corrected chi connectivity index (χ3v) is 5.49. The average Bonchev–Trinajstić information content (AvgIpc) is 3.14. The molecule has 0 unspecified atom stereocenters. The number of fused-ring (bicyclic) bond motifs is 1. The number of anilines is 1. The summed E-state index contributed by atoms with van der Waals surface area (Å²) in [5.74, 6) is 0.218. The van der Waals surface area contributed by atoms with E-state index in [1.807, 2.05) is 13.2 Å². The average molecular weight is 378 g/mol. The lowest BCUT2D eigenvalue weighted by atomic mass is 10.1. The number of nitrogens with one attached hydrogen (secondary N) is 1. The van der Waals surface area contributed by atoms with Gasteiger partial charge in [0.25, 0.3) is 0 Å². The number of halogens is 2. The predicted molar refractivity (Wildman–Crippen MR) is 94.7 cm³/mol. The smallest absolute Gasteiger partial charge is 0.235 e. The largest absolute Gasteiger partial charge is 0.310 e. The topological polar surface area (TPSA) is 64.7 Å². The van der Waals surface area contributed by atoms with Gasteiger partial charge in [0.1, 0.15) is 11.6 Å². The van der Waals surface area contributed by atoms with Crippen molar-refractivity contribution < 1.29 is 9.18 Å². The molecule has 0 radical (unpaired) electrons. The number of carbonyl (C=O) groups is 1. The van der Waals surface area contributed by atoms with Crippen LogP contribution in [0.2, 0.25) is 5.02 Å². The number of carbonyl (C=O) groups excluding carboxylic acids is 1. The van der Waals surface area contributed by atoms with Gasteiger partial charge in [-0.15, -0.1) is 11.8 Å². The molecule has 1 atom stereocenters. The summed E-state index contributed by atoms with van der Waals surface area (Å²) in [5, 5.41) is 11.6. The van der Waals surface area contributed by atoms with E-state index in [0.717, 1.165) is 11.1 Å². The van der Waals surface area contributed by atoms with Crippen molar-refractivity contribution in [2.75, 3.05) is 11.1 Å². The molecule has 1 amide bonds. The van der Waals surface area contributed by atoms with Gasteiger partial charge in [-0.05, 0) is 12.1 Å². The molecule has 0 saturated carbocycles. The standard InChI is InChI=1S/C16H13ClFN5OS/c1-22-7-9(5-19-22)15-11-6-20-23(16(11)21-14(24)8-25-15)13-4-10(18)2-3-12(13)17/h2-7,15H,8H2,1H3,(H,21,24)/t15-/m1/s1. The number of amides is 1. The summed E-state index contributed by atoms with van der Waals surface area (Å²) >= 11 is 7.70.